The summed E-state index contributed by atoms with van der Waals surface area (Å²) in [5.41, 5.74) is 0.643. The average Bonchev–Trinajstić information content (AvgIpc) is 2.15. The molecule has 66 valence electrons. The zero-order valence-electron chi connectivity index (χ0n) is 7.28. The van der Waals surface area contributed by atoms with Crippen LogP contribution in [0.2, 0.25) is 0 Å². The molecule has 0 radical (unpaired) electrons. The molecule has 0 unspecified atom stereocenters. The lowest BCUT2D eigenvalue weighted by atomic mass is 10.1. The van der Waals surface area contributed by atoms with Gasteiger partial charge in [0.2, 0.25) is 0 Å². The van der Waals surface area contributed by atoms with Crippen molar-refractivity contribution in [1.29, 1.82) is 5.26 Å². The molecule has 0 aliphatic rings. The summed E-state index contributed by atoms with van der Waals surface area (Å²) in [6.45, 7) is 1.53. The molecular weight excluding hydrogens is 166 g/mol. The molecule has 0 aromatic heterocycles. The maximum atomic E-state index is 10.9. The van der Waals surface area contributed by atoms with Gasteiger partial charge in [-0.2, -0.15) is 5.26 Å². The van der Waals surface area contributed by atoms with Gasteiger partial charge in [0.05, 0.1) is 0 Å². The van der Waals surface area contributed by atoms with Crippen LogP contribution < -0.4 is 4.74 Å². The Bertz CT molecular complexity index is 335. The van der Waals surface area contributed by atoms with E-state index in [1.165, 1.54) is 6.92 Å². The third kappa shape index (κ3) is 2.60. The van der Waals surface area contributed by atoms with Gasteiger partial charge in [0.25, 0.3) is 0 Å². The second-order valence-electron chi connectivity index (χ2n) is 2.53. The molecule has 0 N–H and O–H groups in total. The fourth-order valence-electron chi connectivity index (χ4n) is 0.901. The molecule has 0 bridgehead atoms. The summed E-state index contributed by atoms with van der Waals surface area (Å²) < 4.78 is 5.02. The monoisotopic (exact) mass is 175 g/mol. The van der Waals surface area contributed by atoms with Crippen LogP contribution in [0.3, 0.4) is 0 Å². The van der Waals surface area contributed by atoms with Gasteiger partial charge in [-0.3, -0.25) is 4.79 Å². The van der Waals surface area contributed by atoms with Crippen molar-refractivity contribution in [2.75, 3.05) is 6.61 Å². The molecule has 0 amide bonds. The summed E-state index contributed by atoms with van der Waals surface area (Å²) in [7, 11) is 0. The highest BCUT2D eigenvalue weighted by Gasteiger charge is 1.98. The molecule has 1 aromatic carbocycles. The quantitative estimate of drug-likeness (QED) is 0.658. The number of hydrogen-bond donors (Lipinski definition) is 0. The van der Waals surface area contributed by atoms with Gasteiger partial charge in [-0.15, -0.1) is 0 Å². The molecule has 0 aliphatic heterocycles. The molecule has 13 heavy (non-hydrogen) atoms. The van der Waals surface area contributed by atoms with Crippen LogP contribution in [0.5, 0.6) is 5.75 Å². The van der Waals surface area contributed by atoms with E-state index in [1.807, 2.05) is 6.07 Å². The first-order valence-electron chi connectivity index (χ1n) is 3.85. The minimum atomic E-state index is 0.0202. The minimum Gasteiger partial charge on any atom is -0.479 e. The molecule has 3 nitrogen and oxygen atoms in total. The standard InChI is InChI=1S/C10H9NO2/c1-8(12)9-2-4-10(5-3-9)13-7-6-11/h2-5H,7H2,1H3. The van der Waals surface area contributed by atoms with Crippen molar-refractivity contribution < 1.29 is 9.53 Å². The Hall–Kier alpha value is -1.82. The van der Waals surface area contributed by atoms with Crippen LogP contribution >= 0.6 is 0 Å². The highest BCUT2D eigenvalue weighted by molar-refractivity contribution is 5.94. The van der Waals surface area contributed by atoms with Crippen molar-refractivity contribution in [3.8, 4) is 11.8 Å². The molecule has 1 aromatic rings. The van der Waals surface area contributed by atoms with E-state index in [2.05, 4.69) is 0 Å². The first kappa shape index (κ1) is 9.27. The summed E-state index contributed by atoms with van der Waals surface area (Å²) in [5, 5.41) is 8.24. The van der Waals surface area contributed by atoms with Crippen molar-refractivity contribution in [3.05, 3.63) is 29.8 Å². The molecule has 0 saturated carbocycles. The Kier molecular flexibility index (Phi) is 3.04. The van der Waals surface area contributed by atoms with Crippen molar-refractivity contribution in [2.24, 2.45) is 0 Å². The molecular formula is C10H9NO2. The van der Waals surface area contributed by atoms with Crippen LogP contribution in [-0.4, -0.2) is 12.4 Å². The van der Waals surface area contributed by atoms with Crippen LogP contribution in [0, 0.1) is 11.3 Å². The first-order chi connectivity index (χ1) is 6.24. The summed E-state index contributed by atoms with van der Waals surface area (Å²) in [6, 6.07) is 8.57. The number of carbonyl (C=O) groups is 1. The van der Waals surface area contributed by atoms with Gasteiger partial charge in [0, 0.05) is 5.56 Å². The van der Waals surface area contributed by atoms with E-state index < -0.39 is 0 Å². The zero-order chi connectivity index (χ0) is 9.68. The zero-order valence-corrected chi connectivity index (χ0v) is 7.28. The molecule has 0 atom stereocenters. The number of nitrogens with zero attached hydrogens (tertiary/aromatic N) is 1. The Morgan fingerprint density at radius 3 is 2.54 bits per heavy atom. The van der Waals surface area contributed by atoms with E-state index in [0.717, 1.165) is 0 Å². The second-order valence-corrected chi connectivity index (χ2v) is 2.53. The molecule has 0 aliphatic carbocycles. The number of ether oxygens (including phenoxy) is 1. The summed E-state index contributed by atoms with van der Waals surface area (Å²) in [4.78, 5) is 10.9. The molecule has 0 spiro atoms. The smallest absolute Gasteiger partial charge is 0.174 e. The van der Waals surface area contributed by atoms with Gasteiger partial charge < -0.3 is 4.74 Å². The number of rotatable bonds is 3. The van der Waals surface area contributed by atoms with Crippen molar-refractivity contribution >= 4 is 5.78 Å². The highest BCUT2D eigenvalue weighted by atomic mass is 16.5. The number of ketones is 1. The minimum absolute atomic E-state index is 0.0202. The predicted molar refractivity (Wildman–Crippen MR) is 47.6 cm³/mol. The van der Waals surface area contributed by atoms with E-state index in [0.29, 0.717) is 11.3 Å². The third-order valence-electron chi connectivity index (χ3n) is 1.56. The Balaban J connectivity index is 2.71. The fraction of sp³-hybridized carbons (Fsp3) is 0.200. The van der Waals surface area contributed by atoms with Crippen molar-refractivity contribution in [1.82, 2.24) is 0 Å². The normalized spacial score (nSPS) is 8.92. The molecule has 1 rings (SSSR count). The summed E-state index contributed by atoms with van der Waals surface area (Å²) in [6.07, 6.45) is 0. The van der Waals surface area contributed by atoms with Crippen LogP contribution in [0.15, 0.2) is 24.3 Å². The van der Waals surface area contributed by atoms with Gasteiger partial charge in [-0.05, 0) is 31.2 Å². The lowest BCUT2D eigenvalue weighted by molar-refractivity contribution is 0.101. The lowest BCUT2D eigenvalue weighted by Gasteiger charge is -2.01. The predicted octanol–water partition coefficient (Wildman–Crippen LogP) is 1.79. The van der Waals surface area contributed by atoms with Gasteiger partial charge in [-0.1, -0.05) is 0 Å². The topological polar surface area (TPSA) is 50.1 Å². The van der Waals surface area contributed by atoms with Crippen molar-refractivity contribution in [3.63, 3.8) is 0 Å². The third-order valence-corrected chi connectivity index (χ3v) is 1.56. The number of nitriles is 1. The SMILES string of the molecule is CC(=O)c1ccc(OCC#N)cc1. The van der Waals surface area contributed by atoms with E-state index >= 15 is 0 Å². The Labute approximate surface area is 76.6 Å². The largest absolute Gasteiger partial charge is 0.479 e. The van der Waals surface area contributed by atoms with E-state index in [-0.39, 0.29) is 12.4 Å². The van der Waals surface area contributed by atoms with Crippen molar-refractivity contribution in [2.45, 2.75) is 6.92 Å². The average molecular weight is 175 g/mol. The van der Waals surface area contributed by atoms with Gasteiger partial charge in [-0.25, -0.2) is 0 Å². The molecule has 0 heterocycles. The number of hydrogen-bond acceptors (Lipinski definition) is 3. The lowest BCUT2D eigenvalue weighted by Crippen LogP contribution is -1.95. The summed E-state index contributed by atoms with van der Waals surface area (Å²) >= 11 is 0. The van der Waals surface area contributed by atoms with Gasteiger partial charge in [0.1, 0.15) is 11.8 Å². The second kappa shape index (κ2) is 4.27. The maximum Gasteiger partial charge on any atom is 0.174 e. The fourth-order valence-corrected chi connectivity index (χ4v) is 0.901. The van der Waals surface area contributed by atoms with E-state index in [4.69, 9.17) is 10.00 Å². The molecule has 0 saturated heterocycles. The van der Waals surface area contributed by atoms with Gasteiger partial charge >= 0.3 is 0 Å². The molecule has 0 fully saturated rings. The maximum absolute atomic E-state index is 10.9. The Morgan fingerprint density at radius 2 is 2.08 bits per heavy atom. The van der Waals surface area contributed by atoms with E-state index in [1.54, 1.807) is 24.3 Å². The van der Waals surface area contributed by atoms with Crippen LogP contribution in [-0.2, 0) is 0 Å². The van der Waals surface area contributed by atoms with Gasteiger partial charge in [0.15, 0.2) is 12.4 Å². The van der Waals surface area contributed by atoms with Crippen LogP contribution in [0.4, 0.5) is 0 Å². The van der Waals surface area contributed by atoms with Crippen LogP contribution in [0.25, 0.3) is 0 Å². The molecule has 3 heteroatoms. The number of Topliss-reactive ketones (excluding diaryl/α,β-unsaturated/α-hetero) is 1. The van der Waals surface area contributed by atoms with E-state index in [9.17, 15) is 4.79 Å². The number of carbonyl (C=O) groups excluding carboxylic acids is 1. The first-order valence-corrected chi connectivity index (χ1v) is 3.85. The van der Waals surface area contributed by atoms with Crippen LogP contribution in [0.1, 0.15) is 17.3 Å². The highest BCUT2D eigenvalue weighted by Crippen LogP contribution is 2.11. The Morgan fingerprint density at radius 1 is 1.46 bits per heavy atom. The number of benzene rings is 1. The summed E-state index contributed by atoms with van der Waals surface area (Å²) in [5.74, 6) is 0.624.